The van der Waals surface area contributed by atoms with Gasteiger partial charge in [0.2, 0.25) is 10.0 Å². The Morgan fingerprint density at radius 3 is 2.17 bits per heavy atom. The molecule has 0 spiro atoms. The molecule has 3 atom stereocenters. The van der Waals surface area contributed by atoms with E-state index < -0.39 is 34.7 Å². The van der Waals surface area contributed by atoms with Gasteiger partial charge in [-0.25, -0.2) is 8.42 Å². The molecule has 1 saturated carbocycles. The monoisotopic (exact) mass is 448 g/mol. The van der Waals surface area contributed by atoms with Crippen molar-refractivity contribution in [3.05, 3.63) is 29.8 Å². The number of rotatable bonds is 6. The number of alkyl halides is 3. The lowest BCUT2D eigenvalue weighted by atomic mass is 10.1. The Labute approximate surface area is 175 Å². The first-order chi connectivity index (χ1) is 13.9. The topological polar surface area (TPSA) is 66.9 Å². The molecule has 1 aromatic rings. The molecule has 3 rings (SSSR count). The normalized spacial score (nSPS) is 24.5. The quantitative estimate of drug-likeness (QED) is 0.670. The second-order valence-corrected chi connectivity index (χ2v) is 10.2. The molecule has 1 heterocycles. The van der Waals surface area contributed by atoms with E-state index in [1.807, 2.05) is 0 Å². The van der Waals surface area contributed by atoms with E-state index in [4.69, 9.17) is 4.74 Å². The van der Waals surface area contributed by atoms with Gasteiger partial charge in [0.05, 0.1) is 17.1 Å². The van der Waals surface area contributed by atoms with E-state index in [0.29, 0.717) is 0 Å². The van der Waals surface area contributed by atoms with Crippen LogP contribution in [-0.4, -0.2) is 67.6 Å². The average Bonchev–Trinajstić information content (AvgIpc) is 3.49. The van der Waals surface area contributed by atoms with Crippen LogP contribution in [0.1, 0.15) is 44.0 Å². The van der Waals surface area contributed by atoms with Crippen molar-refractivity contribution < 1.29 is 31.1 Å². The number of sulfonamides is 1. The predicted octanol–water partition coefficient (Wildman–Crippen LogP) is 3.29. The number of carbonyl (C=O) groups is 1. The summed E-state index contributed by atoms with van der Waals surface area (Å²) in [5.41, 5.74) is 0.0365. The van der Waals surface area contributed by atoms with Crippen molar-refractivity contribution in [1.82, 2.24) is 9.21 Å². The number of hydrogen-bond acceptors (Lipinski definition) is 4. The molecule has 30 heavy (non-hydrogen) atoms. The molecule has 1 aliphatic carbocycles. The molecule has 168 valence electrons. The summed E-state index contributed by atoms with van der Waals surface area (Å²) >= 11 is 0. The Balaban J connectivity index is 1.80. The standard InChI is InChI=1S/C20H27F3N2O4S/c1-13-10-24(11-14(2)29-13)30(27,28)18-8-6-17(7-9-18)19(26)25(12-20(21,22)23)15(3)16-4-5-16/h6-9,13-16H,4-5,10-12H2,1-3H3/t13-,14-,15+/m1/s1. The van der Waals surface area contributed by atoms with Gasteiger partial charge < -0.3 is 9.64 Å². The third kappa shape index (κ3) is 5.33. The van der Waals surface area contributed by atoms with Crippen LogP contribution in [0.4, 0.5) is 13.2 Å². The number of morpholine rings is 1. The second-order valence-electron chi connectivity index (χ2n) is 8.23. The van der Waals surface area contributed by atoms with Crippen molar-refractivity contribution in [3.63, 3.8) is 0 Å². The van der Waals surface area contributed by atoms with Crippen molar-refractivity contribution >= 4 is 15.9 Å². The fraction of sp³-hybridized carbons (Fsp3) is 0.650. The minimum absolute atomic E-state index is 0.00189. The van der Waals surface area contributed by atoms with Gasteiger partial charge in [0.25, 0.3) is 5.91 Å². The zero-order chi connectivity index (χ0) is 22.3. The molecule has 2 fully saturated rings. The van der Waals surface area contributed by atoms with Crippen LogP contribution in [0.2, 0.25) is 0 Å². The zero-order valence-electron chi connectivity index (χ0n) is 17.2. The first kappa shape index (κ1) is 23.0. The van der Waals surface area contributed by atoms with Gasteiger partial charge in [-0.05, 0) is 63.8 Å². The third-order valence-electron chi connectivity index (χ3n) is 5.53. The molecular weight excluding hydrogens is 421 g/mol. The smallest absolute Gasteiger partial charge is 0.373 e. The first-order valence-corrected chi connectivity index (χ1v) is 11.5. The van der Waals surface area contributed by atoms with Gasteiger partial charge in [0.1, 0.15) is 6.54 Å². The van der Waals surface area contributed by atoms with Crippen molar-refractivity contribution in [2.45, 2.75) is 62.9 Å². The molecule has 0 unspecified atom stereocenters. The number of ether oxygens (including phenoxy) is 1. The van der Waals surface area contributed by atoms with E-state index in [-0.39, 0.29) is 41.7 Å². The molecule has 0 bridgehead atoms. The van der Waals surface area contributed by atoms with Crippen LogP contribution in [0, 0.1) is 5.92 Å². The molecule has 1 saturated heterocycles. The highest BCUT2D eigenvalue weighted by molar-refractivity contribution is 7.89. The van der Waals surface area contributed by atoms with Gasteiger partial charge in [0, 0.05) is 24.7 Å². The zero-order valence-corrected chi connectivity index (χ0v) is 18.0. The molecule has 2 aliphatic rings. The summed E-state index contributed by atoms with van der Waals surface area (Å²) in [5.74, 6) is -0.675. The molecule has 0 N–H and O–H groups in total. The third-order valence-corrected chi connectivity index (χ3v) is 7.38. The molecule has 6 nitrogen and oxygen atoms in total. The molecule has 0 aromatic heterocycles. The summed E-state index contributed by atoms with van der Waals surface area (Å²) < 4.78 is 71.8. The van der Waals surface area contributed by atoms with Crippen molar-refractivity contribution in [3.8, 4) is 0 Å². The van der Waals surface area contributed by atoms with Crippen LogP contribution in [-0.2, 0) is 14.8 Å². The molecule has 1 aliphatic heterocycles. The summed E-state index contributed by atoms with van der Waals surface area (Å²) in [7, 11) is -3.79. The molecule has 1 aromatic carbocycles. The number of carbonyl (C=O) groups excluding carboxylic acids is 1. The number of hydrogen-bond donors (Lipinski definition) is 0. The van der Waals surface area contributed by atoms with Crippen LogP contribution in [0.3, 0.4) is 0 Å². The fourth-order valence-corrected chi connectivity index (χ4v) is 5.43. The van der Waals surface area contributed by atoms with Gasteiger partial charge in [-0.1, -0.05) is 0 Å². The van der Waals surface area contributed by atoms with Crippen molar-refractivity contribution in [2.75, 3.05) is 19.6 Å². The SMILES string of the molecule is C[C@@H]1CN(S(=O)(=O)c2ccc(C(=O)N(CC(F)(F)F)[C@@H](C)C3CC3)cc2)C[C@@H](C)O1. The Hall–Kier alpha value is -1.65. The maximum Gasteiger partial charge on any atom is 0.406 e. The highest BCUT2D eigenvalue weighted by Gasteiger charge is 2.41. The van der Waals surface area contributed by atoms with E-state index in [1.165, 1.54) is 28.6 Å². The first-order valence-electron chi connectivity index (χ1n) is 10.0. The van der Waals surface area contributed by atoms with Gasteiger partial charge in [-0.15, -0.1) is 0 Å². The number of halogens is 3. The maximum atomic E-state index is 13.0. The van der Waals surface area contributed by atoms with E-state index in [9.17, 15) is 26.4 Å². The van der Waals surface area contributed by atoms with E-state index in [2.05, 4.69) is 0 Å². The number of amides is 1. The highest BCUT2D eigenvalue weighted by atomic mass is 32.2. The minimum Gasteiger partial charge on any atom is -0.373 e. The highest BCUT2D eigenvalue weighted by Crippen LogP contribution is 2.36. The Morgan fingerprint density at radius 1 is 1.17 bits per heavy atom. The van der Waals surface area contributed by atoms with Crippen LogP contribution < -0.4 is 0 Å². The van der Waals surface area contributed by atoms with Crippen LogP contribution >= 0.6 is 0 Å². The Bertz CT molecular complexity index is 859. The summed E-state index contributed by atoms with van der Waals surface area (Å²) in [5, 5.41) is 0. The lowest BCUT2D eigenvalue weighted by Crippen LogP contribution is -2.48. The molecule has 0 radical (unpaired) electrons. The Kier molecular flexibility index (Phi) is 6.50. The minimum atomic E-state index is -4.51. The number of nitrogens with zero attached hydrogens (tertiary/aromatic N) is 2. The van der Waals surface area contributed by atoms with E-state index in [1.54, 1.807) is 20.8 Å². The van der Waals surface area contributed by atoms with Crippen LogP contribution in [0.5, 0.6) is 0 Å². The lowest BCUT2D eigenvalue weighted by molar-refractivity contribution is -0.144. The van der Waals surface area contributed by atoms with Crippen molar-refractivity contribution in [2.24, 2.45) is 5.92 Å². The Morgan fingerprint density at radius 2 is 1.70 bits per heavy atom. The molecule has 1 amide bonds. The summed E-state index contributed by atoms with van der Waals surface area (Å²) in [6, 6.07) is 4.60. The van der Waals surface area contributed by atoms with Gasteiger partial charge >= 0.3 is 6.18 Å². The van der Waals surface area contributed by atoms with Crippen LogP contribution in [0.15, 0.2) is 29.2 Å². The summed E-state index contributed by atoms with van der Waals surface area (Å²) in [6.07, 6.45) is -3.40. The molecular formula is C20H27F3N2O4S. The van der Waals surface area contributed by atoms with E-state index >= 15 is 0 Å². The van der Waals surface area contributed by atoms with Crippen molar-refractivity contribution in [1.29, 1.82) is 0 Å². The summed E-state index contributed by atoms with van der Waals surface area (Å²) in [6.45, 7) is 4.30. The summed E-state index contributed by atoms with van der Waals surface area (Å²) in [4.78, 5) is 13.6. The fourth-order valence-electron chi connectivity index (χ4n) is 3.84. The van der Waals surface area contributed by atoms with Gasteiger partial charge in [-0.2, -0.15) is 17.5 Å². The van der Waals surface area contributed by atoms with E-state index in [0.717, 1.165) is 17.7 Å². The molecule has 10 heteroatoms. The van der Waals surface area contributed by atoms with Gasteiger partial charge in [0.15, 0.2) is 0 Å². The second kappa shape index (κ2) is 8.47. The predicted molar refractivity (Wildman–Crippen MR) is 104 cm³/mol. The number of benzene rings is 1. The lowest BCUT2D eigenvalue weighted by Gasteiger charge is -2.34. The van der Waals surface area contributed by atoms with Crippen LogP contribution in [0.25, 0.3) is 0 Å². The maximum absolute atomic E-state index is 13.0. The average molecular weight is 449 g/mol. The largest absolute Gasteiger partial charge is 0.406 e. The van der Waals surface area contributed by atoms with Gasteiger partial charge in [-0.3, -0.25) is 4.79 Å².